The highest BCUT2D eigenvalue weighted by Crippen LogP contribution is 2.20. The Morgan fingerprint density at radius 1 is 1.09 bits per heavy atom. The van der Waals surface area contributed by atoms with E-state index in [2.05, 4.69) is 30.0 Å². The van der Waals surface area contributed by atoms with Crippen LogP contribution in [0.2, 0.25) is 5.02 Å². The number of aromatic amines is 1. The summed E-state index contributed by atoms with van der Waals surface area (Å²) < 4.78 is 42.0. The average molecular weight is 501 g/mol. The van der Waals surface area contributed by atoms with Crippen molar-refractivity contribution in [2.45, 2.75) is 25.2 Å². The van der Waals surface area contributed by atoms with Gasteiger partial charge in [0.25, 0.3) is 10.0 Å². The van der Waals surface area contributed by atoms with Crippen LogP contribution in [0.25, 0.3) is 10.9 Å². The molecule has 0 fully saturated rings. The number of hydrogen-bond donors (Lipinski definition) is 3. The molecule has 0 unspecified atom stereocenters. The summed E-state index contributed by atoms with van der Waals surface area (Å²) in [4.78, 5) is 16.1. The molecule has 2 heterocycles. The third-order valence-electron chi connectivity index (χ3n) is 4.95. The van der Waals surface area contributed by atoms with Gasteiger partial charge in [-0.05, 0) is 74.4 Å². The second-order valence-electron chi connectivity index (χ2n) is 7.64. The van der Waals surface area contributed by atoms with Gasteiger partial charge in [-0.3, -0.25) is 10.3 Å². The topological polar surface area (TPSA) is 112 Å². The van der Waals surface area contributed by atoms with Gasteiger partial charge in [0.15, 0.2) is 0 Å². The van der Waals surface area contributed by atoms with Crippen LogP contribution in [0.15, 0.2) is 64.6 Å². The summed E-state index contributed by atoms with van der Waals surface area (Å²) in [7, 11) is -3.95. The predicted octanol–water partition coefficient (Wildman–Crippen LogP) is 4.36. The Morgan fingerprint density at radius 3 is 2.50 bits per heavy atom. The first-order chi connectivity index (χ1) is 16.2. The molecular weight excluding hydrogens is 479 g/mol. The van der Waals surface area contributed by atoms with E-state index in [-0.39, 0.29) is 29.2 Å². The molecule has 11 heteroatoms. The maximum Gasteiger partial charge on any atom is 0.264 e. The lowest BCUT2D eigenvalue weighted by molar-refractivity contribution is 0.592. The largest absolute Gasteiger partial charge is 0.361 e. The molecule has 8 nitrogen and oxygen atoms in total. The molecule has 34 heavy (non-hydrogen) atoms. The molecule has 2 aromatic carbocycles. The van der Waals surface area contributed by atoms with Crippen LogP contribution >= 0.6 is 11.6 Å². The van der Waals surface area contributed by atoms with Gasteiger partial charge >= 0.3 is 0 Å². The normalized spacial score (nSPS) is 12.2. The maximum atomic E-state index is 13.7. The van der Waals surface area contributed by atoms with Crippen molar-refractivity contribution in [2.24, 2.45) is 4.99 Å². The Bertz CT molecular complexity index is 1450. The van der Waals surface area contributed by atoms with E-state index in [0.717, 1.165) is 27.9 Å². The highest BCUT2D eigenvalue weighted by atomic mass is 35.5. The smallest absolute Gasteiger partial charge is 0.264 e. The van der Waals surface area contributed by atoms with E-state index in [1.54, 1.807) is 18.3 Å². The quantitative estimate of drug-likeness (QED) is 0.269. The zero-order valence-electron chi connectivity index (χ0n) is 18.4. The number of guanidine groups is 1. The van der Waals surface area contributed by atoms with Gasteiger partial charge in [0.2, 0.25) is 11.9 Å². The Balaban J connectivity index is 1.60. The second kappa shape index (κ2) is 9.78. The molecule has 2 aromatic heterocycles. The summed E-state index contributed by atoms with van der Waals surface area (Å²) in [6.45, 7) is 3.84. The molecule has 0 saturated carbocycles. The minimum atomic E-state index is -3.95. The second-order valence-corrected chi connectivity index (χ2v) is 9.76. The lowest BCUT2D eigenvalue weighted by Gasteiger charge is -2.13. The molecule has 176 valence electrons. The summed E-state index contributed by atoms with van der Waals surface area (Å²) in [5, 5.41) is 4.04. The van der Waals surface area contributed by atoms with Gasteiger partial charge in [-0.25, -0.2) is 27.5 Å². The molecule has 0 radical (unpaired) electrons. The zero-order chi connectivity index (χ0) is 24.3. The van der Waals surface area contributed by atoms with Crippen LogP contribution in [0.5, 0.6) is 0 Å². The van der Waals surface area contributed by atoms with Crippen molar-refractivity contribution >= 4 is 44.4 Å². The molecule has 4 aromatic rings. The third kappa shape index (κ3) is 5.70. The molecule has 0 spiro atoms. The number of sulfonamides is 1. The number of fused-ring (bicyclic) bond motifs is 1. The fourth-order valence-corrected chi connectivity index (χ4v) is 4.54. The number of hydrogen-bond acceptors (Lipinski definition) is 5. The molecule has 4 rings (SSSR count). The molecule has 0 amide bonds. The lowest BCUT2D eigenvalue weighted by Crippen LogP contribution is -2.36. The van der Waals surface area contributed by atoms with E-state index < -0.39 is 10.0 Å². The van der Waals surface area contributed by atoms with Crippen molar-refractivity contribution in [3.05, 3.63) is 82.5 Å². The number of aliphatic imine (C=N–C) groups is 1. The van der Waals surface area contributed by atoms with Gasteiger partial charge in [0.05, 0.1) is 4.90 Å². The highest BCUT2D eigenvalue weighted by Gasteiger charge is 2.17. The summed E-state index contributed by atoms with van der Waals surface area (Å²) in [5.74, 6) is -0.155. The Kier molecular flexibility index (Phi) is 6.80. The maximum absolute atomic E-state index is 13.7. The zero-order valence-corrected chi connectivity index (χ0v) is 20.0. The summed E-state index contributed by atoms with van der Waals surface area (Å²) in [5.41, 5.74) is 3.11. The van der Waals surface area contributed by atoms with Crippen LogP contribution in [0, 0.1) is 19.7 Å². The monoisotopic (exact) mass is 500 g/mol. The first-order valence-corrected chi connectivity index (χ1v) is 12.2. The molecule has 0 bridgehead atoms. The number of aryl methyl sites for hydroxylation is 2. The molecule has 0 aliphatic rings. The van der Waals surface area contributed by atoms with Gasteiger partial charge in [0.1, 0.15) is 5.82 Å². The number of nitrogens with zero attached hydrogens (tertiary/aromatic N) is 3. The fourth-order valence-electron chi connectivity index (χ4n) is 3.43. The molecule has 0 aliphatic heterocycles. The van der Waals surface area contributed by atoms with Crippen molar-refractivity contribution < 1.29 is 12.8 Å². The molecule has 3 N–H and O–H groups in total. The van der Waals surface area contributed by atoms with Gasteiger partial charge in [-0.15, -0.1) is 0 Å². The van der Waals surface area contributed by atoms with E-state index in [4.69, 9.17) is 11.6 Å². The van der Waals surface area contributed by atoms with E-state index >= 15 is 0 Å². The minimum Gasteiger partial charge on any atom is -0.361 e. The van der Waals surface area contributed by atoms with Crippen molar-refractivity contribution in [1.82, 2.24) is 19.7 Å². The third-order valence-corrected chi connectivity index (χ3v) is 6.55. The van der Waals surface area contributed by atoms with Crippen molar-refractivity contribution in [2.75, 3.05) is 11.9 Å². The average Bonchev–Trinajstić information content (AvgIpc) is 3.15. The SMILES string of the molecule is Cc1cc(C)nc(NC(=NCCc2c[nH]c3ccc(F)cc23)NS(=O)(=O)c2ccc(Cl)cc2)n1. The summed E-state index contributed by atoms with van der Waals surface area (Å²) in [6, 6.07) is 12.1. The van der Waals surface area contributed by atoms with E-state index in [9.17, 15) is 12.8 Å². The van der Waals surface area contributed by atoms with Gasteiger partial charge < -0.3 is 4.98 Å². The predicted molar refractivity (Wildman–Crippen MR) is 131 cm³/mol. The van der Waals surface area contributed by atoms with Crippen LogP contribution in [0.4, 0.5) is 10.3 Å². The van der Waals surface area contributed by atoms with Crippen LogP contribution in [0.3, 0.4) is 0 Å². The van der Waals surface area contributed by atoms with Gasteiger partial charge in [-0.1, -0.05) is 11.6 Å². The number of rotatable bonds is 6. The van der Waals surface area contributed by atoms with Crippen LogP contribution < -0.4 is 10.0 Å². The molecule has 0 saturated heterocycles. The first kappa shape index (κ1) is 23.7. The van der Waals surface area contributed by atoms with E-state index in [0.29, 0.717) is 11.4 Å². The Morgan fingerprint density at radius 2 is 1.79 bits per heavy atom. The standard InChI is InChI=1S/C23H22ClFN6O2S/c1-14-11-15(2)29-23(28-14)30-22(31-34(32,33)19-6-3-17(24)4-7-19)26-10-9-16-13-27-21-8-5-18(25)12-20(16)21/h3-8,11-13,27H,9-10H2,1-2H3,(H2,26,28,29,30,31). The molecule has 0 atom stereocenters. The van der Waals surface area contributed by atoms with Crippen LogP contribution in [-0.2, 0) is 16.4 Å². The number of halogens is 2. The Hall–Kier alpha value is -3.50. The number of H-pyrrole nitrogens is 1. The molecule has 0 aliphatic carbocycles. The van der Waals surface area contributed by atoms with Crippen molar-refractivity contribution in [3.8, 4) is 0 Å². The van der Waals surface area contributed by atoms with Gasteiger partial charge in [-0.2, -0.15) is 0 Å². The van der Waals surface area contributed by atoms with Gasteiger partial charge in [0, 0.05) is 40.1 Å². The summed E-state index contributed by atoms with van der Waals surface area (Å²) in [6.07, 6.45) is 2.24. The van der Waals surface area contributed by atoms with Crippen LogP contribution in [0.1, 0.15) is 17.0 Å². The lowest BCUT2D eigenvalue weighted by atomic mass is 10.1. The summed E-state index contributed by atoms with van der Waals surface area (Å²) >= 11 is 5.88. The van der Waals surface area contributed by atoms with E-state index in [1.165, 1.54) is 36.4 Å². The minimum absolute atomic E-state index is 0.0276. The number of anilines is 1. The first-order valence-electron chi connectivity index (χ1n) is 10.4. The Labute approximate surface area is 201 Å². The molecular formula is C23H22ClFN6O2S. The fraction of sp³-hybridized carbons (Fsp3) is 0.174. The van der Waals surface area contributed by atoms with Crippen LogP contribution in [-0.4, -0.2) is 35.9 Å². The number of nitrogens with one attached hydrogen (secondary N) is 3. The van der Waals surface area contributed by atoms with E-state index in [1.807, 2.05) is 13.8 Å². The van der Waals surface area contributed by atoms with Crippen molar-refractivity contribution in [3.63, 3.8) is 0 Å². The highest BCUT2D eigenvalue weighted by molar-refractivity contribution is 7.90. The number of aromatic nitrogens is 3. The number of benzene rings is 2. The van der Waals surface area contributed by atoms with Crippen molar-refractivity contribution in [1.29, 1.82) is 0 Å².